The van der Waals surface area contributed by atoms with Crippen molar-refractivity contribution in [3.8, 4) is 0 Å². The van der Waals surface area contributed by atoms with Crippen LogP contribution in [-0.4, -0.2) is 42.9 Å². The number of benzene rings is 1. The van der Waals surface area contributed by atoms with Crippen molar-refractivity contribution in [2.75, 3.05) is 26.2 Å². The summed E-state index contributed by atoms with van der Waals surface area (Å²) in [4.78, 5) is 26.7. The number of rotatable bonds is 5. The molecule has 1 fully saturated rings. The topological polar surface area (TPSA) is 88.6 Å². The third kappa shape index (κ3) is 3.75. The average Bonchev–Trinajstić information content (AvgIpc) is 3.06. The van der Waals surface area contributed by atoms with E-state index >= 15 is 0 Å². The Morgan fingerprint density at radius 1 is 1.35 bits per heavy atom. The lowest BCUT2D eigenvalue weighted by atomic mass is 9.96. The monoisotopic (exact) mass is 357 g/mol. The van der Waals surface area contributed by atoms with Gasteiger partial charge in [-0.1, -0.05) is 12.1 Å². The molecule has 0 saturated carbocycles. The lowest BCUT2D eigenvalue weighted by molar-refractivity contribution is -0.135. The number of nitrogens with zero attached hydrogens (tertiary/aromatic N) is 1. The molecule has 6 nitrogen and oxygen atoms in total. The minimum atomic E-state index is -0.148. The molecule has 1 atom stereocenters. The second-order valence-corrected chi connectivity index (χ2v) is 7.08. The Morgan fingerprint density at radius 2 is 2.15 bits per heavy atom. The molecule has 3 N–H and O–H groups in total. The van der Waals surface area contributed by atoms with Gasteiger partial charge in [-0.25, -0.2) is 0 Å². The number of carbonyl (C=O) groups excluding carboxylic acids is 2. The quantitative estimate of drug-likeness (QED) is 0.855. The molecule has 2 amide bonds. The van der Waals surface area contributed by atoms with Gasteiger partial charge < -0.3 is 20.4 Å². The van der Waals surface area contributed by atoms with E-state index in [-0.39, 0.29) is 17.7 Å². The zero-order valence-corrected chi connectivity index (χ0v) is 15.5. The van der Waals surface area contributed by atoms with Crippen LogP contribution in [0, 0.1) is 19.8 Å². The number of hydrogen-bond acceptors (Lipinski definition) is 4. The van der Waals surface area contributed by atoms with Crippen molar-refractivity contribution in [2.45, 2.75) is 33.1 Å². The maximum absolute atomic E-state index is 12.8. The Balaban J connectivity index is 1.68. The summed E-state index contributed by atoms with van der Waals surface area (Å²) in [5, 5.41) is 3.82. The highest BCUT2D eigenvalue weighted by molar-refractivity contribution is 5.90. The average molecular weight is 357 g/mol. The summed E-state index contributed by atoms with van der Waals surface area (Å²) in [7, 11) is 0. The first-order valence-corrected chi connectivity index (χ1v) is 9.23. The Kier molecular flexibility index (Phi) is 5.61. The van der Waals surface area contributed by atoms with Crippen LogP contribution in [0.2, 0.25) is 0 Å². The fourth-order valence-corrected chi connectivity index (χ4v) is 3.56. The van der Waals surface area contributed by atoms with E-state index in [0.29, 0.717) is 32.6 Å². The smallest absolute Gasteiger partial charge is 0.227 e. The molecular formula is C20H27N3O3. The van der Waals surface area contributed by atoms with Crippen LogP contribution in [0.4, 0.5) is 0 Å². The first kappa shape index (κ1) is 18.5. The third-order valence-corrected chi connectivity index (χ3v) is 5.27. The first-order valence-electron chi connectivity index (χ1n) is 9.23. The van der Waals surface area contributed by atoms with Gasteiger partial charge in [-0.2, -0.15) is 0 Å². The second-order valence-electron chi connectivity index (χ2n) is 7.08. The molecule has 1 aromatic heterocycles. The fourth-order valence-electron chi connectivity index (χ4n) is 3.56. The number of amides is 2. The molecule has 1 aliphatic rings. The lowest BCUT2D eigenvalue weighted by Gasteiger charge is -2.32. The van der Waals surface area contributed by atoms with Gasteiger partial charge in [0.2, 0.25) is 11.8 Å². The Hall–Kier alpha value is -2.34. The molecule has 3 rings (SSSR count). The molecule has 2 aromatic rings. The molecule has 1 aromatic carbocycles. The van der Waals surface area contributed by atoms with Crippen LogP contribution in [0.3, 0.4) is 0 Å². The zero-order chi connectivity index (χ0) is 18.7. The molecule has 1 aliphatic heterocycles. The van der Waals surface area contributed by atoms with Crippen LogP contribution in [0.25, 0.3) is 11.0 Å². The number of piperidine rings is 1. The van der Waals surface area contributed by atoms with Gasteiger partial charge in [-0.15, -0.1) is 0 Å². The van der Waals surface area contributed by atoms with Gasteiger partial charge in [0.05, 0.1) is 18.6 Å². The number of furan rings is 1. The number of aryl methyl sites for hydroxylation is 2. The molecule has 1 saturated heterocycles. The Bertz CT molecular complexity index is 812. The summed E-state index contributed by atoms with van der Waals surface area (Å²) in [5.41, 5.74) is 9.47. The molecule has 0 spiro atoms. The second kappa shape index (κ2) is 7.91. The number of fused-ring (bicyclic) bond motifs is 1. The van der Waals surface area contributed by atoms with Crippen molar-refractivity contribution in [1.29, 1.82) is 0 Å². The van der Waals surface area contributed by atoms with E-state index in [1.807, 2.05) is 19.9 Å². The normalized spacial score (nSPS) is 17.5. The van der Waals surface area contributed by atoms with Crippen molar-refractivity contribution >= 4 is 22.8 Å². The number of likely N-dealkylation sites (tertiary alicyclic amines) is 1. The molecule has 1 unspecified atom stereocenters. The van der Waals surface area contributed by atoms with Crippen LogP contribution in [0.5, 0.6) is 0 Å². The SMILES string of the molecule is Cc1ccc2c(CC(=O)N3CCCC(C(=O)NCCN)C3)coc2c1C. The van der Waals surface area contributed by atoms with Gasteiger partial charge >= 0.3 is 0 Å². The minimum Gasteiger partial charge on any atom is -0.464 e. The van der Waals surface area contributed by atoms with Crippen LogP contribution in [0.15, 0.2) is 22.8 Å². The third-order valence-electron chi connectivity index (χ3n) is 5.27. The van der Waals surface area contributed by atoms with Gasteiger partial charge in [0.1, 0.15) is 5.58 Å². The van der Waals surface area contributed by atoms with Crippen LogP contribution in [-0.2, 0) is 16.0 Å². The maximum Gasteiger partial charge on any atom is 0.227 e. The summed E-state index contributed by atoms with van der Waals surface area (Å²) >= 11 is 0. The molecule has 0 radical (unpaired) electrons. The van der Waals surface area contributed by atoms with E-state index in [4.69, 9.17) is 10.2 Å². The van der Waals surface area contributed by atoms with E-state index in [1.165, 1.54) is 5.56 Å². The molecule has 0 bridgehead atoms. The van der Waals surface area contributed by atoms with E-state index < -0.39 is 0 Å². The van der Waals surface area contributed by atoms with Crippen LogP contribution in [0.1, 0.15) is 29.5 Å². The summed E-state index contributed by atoms with van der Waals surface area (Å²) in [5.74, 6) is -0.111. The van der Waals surface area contributed by atoms with E-state index in [2.05, 4.69) is 11.4 Å². The lowest BCUT2D eigenvalue weighted by Crippen LogP contribution is -2.46. The summed E-state index contributed by atoms with van der Waals surface area (Å²) in [6.45, 7) is 6.15. The predicted octanol–water partition coefficient (Wildman–Crippen LogP) is 1.91. The highest BCUT2D eigenvalue weighted by Gasteiger charge is 2.28. The largest absolute Gasteiger partial charge is 0.464 e. The summed E-state index contributed by atoms with van der Waals surface area (Å²) in [6.07, 6.45) is 3.64. The molecule has 6 heteroatoms. The molecular weight excluding hydrogens is 330 g/mol. The molecule has 140 valence electrons. The van der Waals surface area contributed by atoms with Crippen molar-refractivity contribution in [1.82, 2.24) is 10.2 Å². The van der Waals surface area contributed by atoms with Crippen LogP contribution >= 0.6 is 0 Å². The van der Waals surface area contributed by atoms with Gasteiger partial charge in [0, 0.05) is 37.1 Å². The first-order chi connectivity index (χ1) is 12.5. The maximum atomic E-state index is 12.8. The fraction of sp³-hybridized carbons (Fsp3) is 0.500. The Morgan fingerprint density at radius 3 is 2.92 bits per heavy atom. The van der Waals surface area contributed by atoms with Crippen molar-refractivity contribution in [3.05, 3.63) is 35.1 Å². The number of nitrogens with two attached hydrogens (primary N) is 1. The minimum absolute atomic E-state index is 0.00666. The van der Waals surface area contributed by atoms with Crippen LogP contribution < -0.4 is 11.1 Å². The number of carbonyl (C=O) groups is 2. The van der Waals surface area contributed by atoms with Gasteiger partial charge in [-0.3, -0.25) is 9.59 Å². The van der Waals surface area contributed by atoms with E-state index in [9.17, 15) is 9.59 Å². The van der Waals surface area contributed by atoms with E-state index in [1.54, 1.807) is 11.2 Å². The van der Waals surface area contributed by atoms with Gasteiger partial charge in [-0.05, 0) is 37.8 Å². The predicted molar refractivity (Wildman–Crippen MR) is 101 cm³/mol. The highest BCUT2D eigenvalue weighted by Crippen LogP contribution is 2.27. The molecule has 0 aliphatic carbocycles. The number of nitrogens with one attached hydrogen (secondary N) is 1. The van der Waals surface area contributed by atoms with Gasteiger partial charge in [0.15, 0.2) is 0 Å². The molecule has 26 heavy (non-hydrogen) atoms. The highest BCUT2D eigenvalue weighted by atomic mass is 16.3. The number of hydrogen-bond donors (Lipinski definition) is 2. The summed E-state index contributed by atoms with van der Waals surface area (Å²) < 4.78 is 5.71. The van der Waals surface area contributed by atoms with Crippen molar-refractivity contribution < 1.29 is 14.0 Å². The molecule has 2 heterocycles. The van der Waals surface area contributed by atoms with Crippen molar-refractivity contribution in [3.63, 3.8) is 0 Å². The Labute approximate surface area is 153 Å². The van der Waals surface area contributed by atoms with Crippen molar-refractivity contribution in [2.24, 2.45) is 11.7 Å². The zero-order valence-electron chi connectivity index (χ0n) is 15.5. The standard InChI is InChI=1S/C20H27N3O3/c1-13-5-6-17-16(12-26-19(17)14(13)2)10-18(24)23-9-3-4-15(11-23)20(25)22-8-7-21/h5-6,12,15H,3-4,7-11,21H2,1-2H3,(H,22,25). The summed E-state index contributed by atoms with van der Waals surface area (Å²) in [6, 6.07) is 4.07. The van der Waals surface area contributed by atoms with E-state index in [0.717, 1.165) is 34.9 Å². The van der Waals surface area contributed by atoms with Gasteiger partial charge in [0.25, 0.3) is 0 Å².